The van der Waals surface area contributed by atoms with Gasteiger partial charge in [0.15, 0.2) is 0 Å². The van der Waals surface area contributed by atoms with Gasteiger partial charge in [0.1, 0.15) is 0 Å². The molecule has 0 aromatic carbocycles. The molecule has 0 saturated carbocycles. The van der Waals surface area contributed by atoms with Crippen LogP contribution in [0.3, 0.4) is 0 Å². The van der Waals surface area contributed by atoms with Gasteiger partial charge in [0.25, 0.3) is 0 Å². The number of hydrogen-bond acceptors (Lipinski definition) is 3. The van der Waals surface area contributed by atoms with Gasteiger partial charge in [-0.25, -0.2) is 0 Å². The summed E-state index contributed by atoms with van der Waals surface area (Å²) in [4.78, 5) is 15.8. The van der Waals surface area contributed by atoms with Crippen molar-refractivity contribution >= 4 is 5.91 Å². The van der Waals surface area contributed by atoms with Crippen molar-refractivity contribution in [2.45, 2.75) is 19.3 Å². The summed E-state index contributed by atoms with van der Waals surface area (Å²) in [6.45, 7) is 3.91. The lowest BCUT2D eigenvalue weighted by molar-refractivity contribution is -0.136. The zero-order chi connectivity index (χ0) is 10.9. The summed E-state index contributed by atoms with van der Waals surface area (Å²) in [6.07, 6.45) is 2.94. The highest BCUT2D eigenvalue weighted by atomic mass is 16.3. The van der Waals surface area contributed by atoms with Crippen molar-refractivity contribution < 1.29 is 9.90 Å². The number of hydrogen-bond donors (Lipinski definition) is 1. The van der Waals surface area contributed by atoms with Crippen LogP contribution in [-0.4, -0.2) is 60.6 Å². The van der Waals surface area contributed by atoms with Crippen LogP contribution in [0.2, 0.25) is 0 Å². The maximum Gasteiger partial charge on any atom is 0.222 e. The molecule has 1 N–H and O–H groups in total. The average Bonchev–Trinajstić information content (AvgIpc) is 2.57. The number of aliphatic hydroxyl groups is 1. The van der Waals surface area contributed by atoms with Crippen LogP contribution in [0, 0.1) is 5.41 Å². The van der Waals surface area contributed by atoms with E-state index in [1.54, 1.807) is 0 Å². The molecule has 2 fully saturated rings. The second kappa shape index (κ2) is 4.10. The molecule has 4 nitrogen and oxygen atoms in total. The third kappa shape index (κ3) is 2.16. The quantitative estimate of drug-likeness (QED) is 0.696. The lowest BCUT2D eigenvalue weighted by Crippen LogP contribution is -2.43. The van der Waals surface area contributed by atoms with Crippen molar-refractivity contribution in [3.63, 3.8) is 0 Å². The Balaban J connectivity index is 1.95. The molecule has 15 heavy (non-hydrogen) atoms. The number of amides is 1. The first-order valence-electron chi connectivity index (χ1n) is 5.72. The van der Waals surface area contributed by atoms with Crippen LogP contribution < -0.4 is 0 Å². The lowest BCUT2D eigenvalue weighted by Gasteiger charge is -2.37. The molecular formula is C11H20N2O2. The van der Waals surface area contributed by atoms with E-state index in [0.717, 1.165) is 39.0 Å². The van der Waals surface area contributed by atoms with Gasteiger partial charge < -0.3 is 14.9 Å². The van der Waals surface area contributed by atoms with Crippen LogP contribution in [0.1, 0.15) is 19.3 Å². The predicted octanol–water partition coefficient (Wildman–Crippen LogP) is -0.0770. The number of carbonyl (C=O) groups excluding carboxylic acids is 1. The van der Waals surface area contributed by atoms with Gasteiger partial charge in [-0.05, 0) is 24.8 Å². The van der Waals surface area contributed by atoms with Gasteiger partial charge in [-0.1, -0.05) is 0 Å². The van der Waals surface area contributed by atoms with E-state index in [-0.39, 0.29) is 17.9 Å². The van der Waals surface area contributed by atoms with E-state index in [1.807, 2.05) is 11.9 Å². The van der Waals surface area contributed by atoms with E-state index in [0.29, 0.717) is 6.42 Å². The van der Waals surface area contributed by atoms with Crippen LogP contribution in [0.5, 0.6) is 0 Å². The van der Waals surface area contributed by atoms with Gasteiger partial charge in [-0.15, -0.1) is 0 Å². The predicted molar refractivity (Wildman–Crippen MR) is 57.4 cm³/mol. The minimum atomic E-state index is 0.221. The lowest BCUT2D eigenvalue weighted by atomic mass is 9.77. The molecule has 1 amide bonds. The van der Waals surface area contributed by atoms with Gasteiger partial charge >= 0.3 is 0 Å². The monoisotopic (exact) mass is 212 g/mol. The molecule has 1 spiro atoms. The smallest absolute Gasteiger partial charge is 0.222 e. The zero-order valence-electron chi connectivity index (χ0n) is 9.41. The van der Waals surface area contributed by atoms with Crippen molar-refractivity contribution in [3.8, 4) is 0 Å². The standard InChI is InChI=1S/C11H20N2O2/c1-12-4-2-11(8-10(12)15)3-5-13(9-11)6-7-14/h14H,2-9H2,1H3. The number of rotatable bonds is 2. The zero-order valence-corrected chi connectivity index (χ0v) is 9.41. The Bertz CT molecular complexity index is 257. The van der Waals surface area contributed by atoms with Crippen molar-refractivity contribution in [1.29, 1.82) is 0 Å². The average molecular weight is 212 g/mol. The molecule has 2 saturated heterocycles. The summed E-state index contributed by atoms with van der Waals surface area (Å²) in [6, 6.07) is 0. The van der Waals surface area contributed by atoms with E-state index in [2.05, 4.69) is 4.90 Å². The SMILES string of the molecule is CN1CCC2(CCN(CCO)C2)CC1=O. The van der Waals surface area contributed by atoms with Crippen LogP contribution in [0.4, 0.5) is 0 Å². The Morgan fingerprint density at radius 2 is 2.13 bits per heavy atom. The number of nitrogens with zero attached hydrogens (tertiary/aromatic N) is 2. The molecule has 2 aliphatic heterocycles. The van der Waals surface area contributed by atoms with Crippen molar-refractivity contribution in [1.82, 2.24) is 9.80 Å². The summed E-state index contributed by atoms with van der Waals surface area (Å²) in [5, 5.41) is 8.89. The molecule has 0 aromatic rings. The molecule has 1 atom stereocenters. The van der Waals surface area contributed by atoms with Crippen molar-refractivity contribution in [2.75, 3.05) is 39.8 Å². The Labute approximate surface area is 90.9 Å². The van der Waals surface area contributed by atoms with Gasteiger partial charge in [0, 0.05) is 33.1 Å². The van der Waals surface area contributed by atoms with E-state index in [1.165, 1.54) is 0 Å². The third-order valence-electron chi connectivity index (χ3n) is 3.86. The van der Waals surface area contributed by atoms with Crippen molar-refractivity contribution in [3.05, 3.63) is 0 Å². The van der Waals surface area contributed by atoms with Gasteiger partial charge in [0.05, 0.1) is 6.61 Å². The molecule has 2 aliphatic rings. The normalized spacial score (nSPS) is 32.9. The largest absolute Gasteiger partial charge is 0.395 e. The summed E-state index contributed by atoms with van der Waals surface area (Å²) < 4.78 is 0. The molecule has 86 valence electrons. The maximum absolute atomic E-state index is 11.7. The molecule has 1 unspecified atom stereocenters. The summed E-state index contributed by atoms with van der Waals surface area (Å²) >= 11 is 0. The second-order valence-electron chi connectivity index (χ2n) is 4.99. The van der Waals surface area contributed by atoms with Crippen molar-refractivity contribution in [2.24, 2.45) is 5.41 Å². The van der Waals surface area contributed by atoms with Gasteiger partial charge in [-0.3, -0.25) is 4.79 Å². The molecular weight excluding hydrogens is 192 g/mol. The summed E-state index contributed by atoms with van der Waals surface area (Å²) in [5.41, 5.74) is 0.221. The fourth-order valence-corrected chi connectivity index (χ4v) is 2.78. The summed E-state index contributed by atoms with van der Waals surface area (Å²) in [5.74, 6) is 0.284. The van der Waals surface area contributed by atoms with E-state index < -0.39 is 0 Å². The van der Waals surface area contributed by atoms with Gasteiger partial charge in [-0.2, -0.15) is 0 Å². The van der Waals surface area contributed by atoms with Crippen LogP contribution >= 0.6 is 0 Å². The van der Waals surface area contributed by atoms with E-state index in [9.17, 15) is 4.79 Å². The van der Waals surface area contributed by atoms with Crippen LogP contribution in [0.15, 0.2) is 0 Å². The Hall–Kier alpha value is -0.610. The minimum Gasteiger partial charge on any atom is -0.395 e. The minimum absolute atomic E-state index is 0.221. The second-order valence-corrected chi connectivity index (χ2v) is 4.99. The molecule has 0 aromatic heterocycles. The van der Waals surface area contributed by atoms with E-state index >= 15 is 0 Å². The first-order valence-corrected chi connectivity index (χ1v) is 5.72. The first kappa shape index (κ1) is 10.9. The Morgan fingerprint density at radius 3 is 2.80 bits per heavy atom. The molecule has 0 aliphatic carbocycles. The fourth-order valence-electron chi connectivity index (χ4n) is 2.78. The van der Waals surface area contributed by atoms with E-state index in [4.69, 9.17) is 5.11 Å². The number of β-amino-alcohol motifs (C(OH)–C–C–N with tert-alkyl or cyclic N) is 1. The third-order valence-corrected chi connectivity index (χ3v) is 3.86. The Morgan fingerprint density at radius 1 is 1.40 bits per heavy atom. The number of piperidine rings is 1. The fraction of sp³-hybridized carbons (Fsp3) is 0.909. The van der Waals surface area contributed by atoms with Crippen LogP contribution in [0.25, 0.3) is 0 Å². The molecule has 2 heterocycles. The molecule has 0 radical (unpaired) electrons. The molecule has 2 rings (SSSR count). The molecule has 4 heteroatoms. The first-order chi connectivity index (χ1) is 7.15. The maximum atomic E-state index is 11.7. The highest BCUT2D eigenvalue weighted by molar-refractivity contribution is 5.77. The molecule has 0 bridgehead atoms. The number of carbonyl (C=O) groups is 1. The highest BCUT2D eigenvalue weighted by Crippen LogP contribution is 2.40. The Kier molecular flexibility index (Phi) is 2.98. The van der Waals surface area contributed by atoms with Crippen LogP contribution in [-0.2, 0) is 4.79 Å². The summed E-state index contributed by atoms with van der Waals surface area (Å²) in [7, 11) is 1.88. The number of aliphatic hydroxyl groups excluding tert-OH is 1. The topological polar surface area (TPSA) is 43.8 Å². The highest BCUT2D eigenvalue weighted by Gasteiger charge is 2.42. The van der Waals surface area contributed by atoms with Gasteiger partial charge in [0.2, 0.25) is 5.91 Å². The number of likely N-dealkylation sites (tertiary alicyclic amines) is 2.